The number of hydrogen-bond acceptors (Lipinski definition) is 7. The lowest BCUT2D eigenvalue weighted by Gasteiger charge is -2.29. The minimum atomic E-state index is -0.610. The van der Waals surface area contributed by atoms with Gasteiger partial charge in [0.15, 0.2) is 16.9 Å². The molecule has 0 unspecified atom stereocenters. The molecule has 0 aliphatic carbocycles. The molecule has 1 aromatic heterocycles. The Bertz CT molecular complexity index is 1320. The molecule has 2 aromatic carbocycles. The Morgan fingerprint density at radius 2 is 1.77 bits per heavy atom. The van der Waals surface area contributed by atoms with Crippen LogP contribution in [0.4, 0.5) is 0 Å². The van der Waals surface area contributed by atoms with Gasteiger partial charge in [0, 0.05) is 31.2 Å². The minimum absolute atomic E-state index is 0.0796. The summed E-state index contributed by atoms with van der Waals surface area (Å²) >= 11 is 6.17. The van der Waals surface area contributed by atoms with Crippen LogP contribution in [0.25, 0.3) is 11.0 Å². The van der Waals surface area contributed by atoms with Crippen molar-refractivity contribution >= 4 is 28.5 Å². The average Bonchev–Trinajstić information content (AvgIpc) is 3.16. The van der Waals surface area contributed by atoms with Gasteiger partial charge in [0.2, 0.25) is 5.76 Å². The maximum atomic E-state index is 13.7. The molecule has 0 radical (unpaired) electrons. The lowest BCUT2D eigenvalue weighted by Crippen LogP contribution is -2.38. The van der Waals surface area contributed by atoms with Crippen LogP contribution in [0.2, 0.25) is 5.02 Å². The molecule has 1 saturated heterocycles. The largest absolute Gasteiger partial charge is 0.493 e. The fraction of sp³-hybridized carbons (Fsp3) is 0.385. The second-order valence-corrected chi connectivity index (χ2v) is 9.07. The topological polar surface area (TPSA) is 81.5 Å². The van der Waals surface area contributed by atoms with Crippen molar-refractivity contribution in [2.75, 3.05) is 53.6 Å². The van der Waals surface area contributed by atoms with Gasteiger partial charge in [-0.2, -0.15) is 0 Å². The Balaban J connectivity index is 1.57. The quantitative estimate of drug-likeness (QED) is 0.491. The second kappa shape index (κ2) is 9.89. The fourth-order valence-electron chi connectivity index (χ4n) is 4.88. The zero-order chi connectivity index (χ0) is 24.5. The van der Waals surface area contributed by atoms with Gasteiger partial charge in [0.1, 0.15) is 5.58 Å². The zero-order valence-electron chi connectivity index (χ0n) is 19.7. The molecule has 0 N–H and O–H groups in total. The van der Waals surface area contributed by atoms with Crippen LogP contribution in [-0.4, -0.2) is 69.3 Å². The highest BCUT2D eigenvalue weighted by atomic mass is 35.5. The Morgan fingerprint density at radius 3 is 2.51 bits per heavy atom. The molecule has 35 heavy (non-hydrogen) atoms. The number of amides is 1. The number of benzene rings is 2. The lowest BCUT2D eigenvalue weighted by atomic mass is 9.98. The molecule has 2 aliphatic rings. The van der Waals surface area contributed by atoms with Crippen molar-refractivity contribution in [1.29, 1.82) is 0 Å². The summed E-state index contributed by atoms with van der Waals surface area (Å²) in [5, 5.41) is 0.781. The number of ether oxygens (including phenoxy) is 3. The Labute approximate surface area is 207 Å². The van der Waals surface area contributed by atoms with E-state index in [0.29, 0.717) is 39.6 Å². The fourth-order valence-corrected chi connectivity index (χ4v) is 5.05. The number of hydrogen-bond donors (Lipinski definition) is 0. The summed E-state index contributed by atoms with van der Waals surface area (Å²) in [7, 11) is 3.12. The SMILES string of the molecule is COc1ccc([C@H]2c3c(oc4ccc(Cl)cc4c3=O)C(=O)N2CCCN2CCOCC2)cc1OC. The van der Waals surface area contributed by atoms with Crippen LogP contribution in [0.3, 0.4) is 0 Å². The summed E-state index contributed by atoms with van der Waals surface area (Å²) in [5.74, 6) is 0.871. The predicted octanol–water partition coefficient (Wildman–Crippen LogP) is 3.73. The third-order valence-electron chi connectivity index (χ3n) is 6.63. The molecule has 2 aliphatic heterocycles. The second-order valence-electron chi connectivity index (χ2n) is 8.64. The van der Waals surface area contributed by atoms with E-state index in [2.05, 4.69) is 4.90 Å². The Kier molecular flexibility index (Phi) is 6.69. The summed E-state index contributed by atoms with van der Waals surface area (Å²) in [6.45, 7) is 4.49. The summed E-state index contributed by atoms with van der Waals surface area (Å²) < 4.78 is 22.3. The molecule has 0 spiro atoms. The molecule has 184 valence electrons. The summed E-state index contributed by atoms with van der Waals surface area (Å²) in [4.78, 5) is 31.3. The predicted molar refractivity (Wildman–Crippen MR) is 132 cm³/mol. The number of rotatable bonds is 7. The molecular weight excluding hydrogens is 472 g/mol. The first-order chi connectivity index (χ1) is 17.0. The van der Waals surface area contributed by atoms with Crippen LogP contribution in [-0.2, 0) is 4.74 Å². The smallest absolute Gasteiger partial charge is 0.290 e. The minimum Gasteiger partial charge on any atom is -0.493 e. The van der Waals surface area contributed by atoms with Crippen LogP contribution >= 0.6 is 11.6 Å². The van der Waals surface area contributed by atoms with Crippen molar-refractivity contribution in [3.8, 4) is 11.5 Å². The average molecular weight is 499 g/mol. The summed E-state index contributed by atoms with van der Waals surface area (Å²) in [6, 6.07) is 9.68. The van der Waals surface area contributed by atoms with Crippen molar-refractivity contribution in [2.45, 2.75) is 12.5 Å². The molecule has 5 rings (SSSR count). The number of morpholine rings is 1. The van der Waals surface area contributed by atoms with Gasteiger partial charge in [-0.3, -0.25) is 14.5 Å². The number of fused-ring (bicyclic) bond motifs is 2. The monoisotopic (exact) mass is 498 g/mol. The van der Waals surface area contributed by atoms with E-state index in [9.17, 15) is 9.59 Å². The maximum Gasteiger partial charge on any atom is 0.290 e. The third-order valence-corrected chi connectivity index (χ3v) is 6.86. The van der Waals surface area contributed by atoms with Crippen LogP contribution in [0.15, 0.2) is 45.6 Å². The van der Waals surface area contributed by atoms with Crippen LogP contribution < -0.4 is 14.9 Å². The molecule has 8 nitrogen and oxygen atoms in total. The van der Waals surface area contributed by atoms with Crippen molar-refractivity contribution in [3.63, 3.8) is 0 Å². The first kappa shape index (κ1) is 23.7. The van der Waals surface area contributed by atoms with E-state index in [1.54, 1.807) is 43.4 Å². The van der Waals surface area contributed by atoms with E-state index < -0.39 is 6.04 Å². The van der Waals surface area contributed by atoms with Gasteiger partial charge in [-0.05, 0) is 42.3 Å². The Morgan fingerprint density at radius 1 is 1.00 bits per heavy atom. The highest BCUT2D eigenvalue weighted by Gasteiger charge is 2.42. The van der Waals surface area contributed by atoms with Crippen LogP contribution in [0.5, 0.6) is 11.5 Å². The van der Waals surface area contributed by atoms with Crippen molar-refractivity contribution in [3.05, 3.63) is 68.5 Å². The molecule has 1 fully saturated rings. The van der Waals surface area contributed by atoms with E-state index >= 15 is 0 Å². The van der Waals surface area contributed by atoms with Gasteiger partial charge in [-0.25, -0.2) is 0 Å². The van der Waals surface area contributed by atoms with Gasteiger partial charge in [-0.15, -0.1) is 0 Å². The first-order valence-electron chi connectivity index (χ1n) is 11.6. The van der Waals surface area contributed by atoms with Crippen molar-refractivity contribution in [1.82, 2.24) is 9.80 Å². The molecule has 0 bridgehead atoms. The van der Waals surface area contributed by atoms with E-state index in [4.69, 9.17) is 30.2 Å². The Hall–Kier alpha value is -3.07. The molecule has 1 atom stereocenters. The van der Waals surface area contributed by atoms with Crippen LogP contribution in [0, 0.1) is 0 Å². The zero-order valence-corrected chi connectivity index (χ0v) is 20.5. The van der Waals surface area contributed by atoms with Crippen molar-refractivity contribution < 1.29 is 23.4 Å². The van der Waals surface area contributed by atoms with E-state index in [0.717, 1.165) is 44.8 Å². The molecule has 0 saturated carbocycles. The lowest BCUT2D eigenvalue weighted by molar-refractivity contribution is 0.0353. The molecular formula is C26H27ClN2O6. The van der Waals surface area contributed by atoms with Gasteiger partial charge in [-0.1, -0.05) is 17.7 Å². The number of methoxy groups -OCH3 is 2. The number of carbonyl (C=O) groups is 1. The standard InChI is InChI=1S/C26H27ClN2O6/c1-32-20-6-4-16(14-21(20)33-2)23-22-24(30)18-15-17(27)5-7-19(18)35-25(22)26(31)29(23)9-3-8-28-10-12-34-13-11-28/h4-7,14-15,23H,3,8-13H2,1-2H3/t23-/m0/s1. The molecule has 1 amide bonds. The van der Waals surface area contributed by atoms with Gasteiger partial charge in [0.25, 0.3) is 5.91 Å². The summed E-state index contributed by atoms with van der Waals surface area (Å²) in [5.41, 5.74) is 1.15. The van der Waals surface area contributed by atoms with Gasteiger partial charge < -0.3 is 23.5 Å². The number of carbonyl (C=O) groups excluding carboxylic acids is 1. The molecule has 9 heteroatoms. The molecule has 3 heterocycles. The van der Waals surface area contributed by atoms with Gasteiger partial charge >= 0.3 is 0 Å². The maximum absolute atomic E-state index is 13.7. The van der Waals surface area contributed by atoms with Crippen LogP contribution in [0.1, 0.15) is 34.1 Å². The molecule has 3 aromatic rings. The third kappa shape index (κ3) is 4.37. The summed E-state index contributed by atoms with van der Waals surface area (Å²) in [6.07, 6.45) is 0.753. The number of halogens is 1. The van der Waals surface area contributed by atoms with Crippen molar-refractivity contribution in [2.24, 2.45) is 0 Å². The van der Waals surface area contributed by atoms with E-state index in [-0.39, 0.29) is 17.1 Å². The van der Waals surface area contributed by atoms with E-state index in [1.165, 1.54) is 0 Å². The number of nitrogens with zero attached hydrogens (tertiary/aromatic N) is 2. The highest BCUT2D eigenvalue weighted by Crippen LogP contribution is 2.41. The first-order valence-corrected chi connectivity index (χ1v) is 12.0. The highest BCUT2D eigenvalue weighted by molar-refractivity contribution is 6.31. The normalized spacial score (nSPS) is 18.2. The van der Waals surface area contributed by atoms with E-state index in [1.807, 2.05) is 12.1 Å². The van der Waals surface area contributed by atoms with Gasteiger partial charge in [0.05, 0.1) is 44.4 Å².